The van der Waals surface area contributed by atoms with E-state index in [1.165, 1.54) is 11.1 Å². The van der Waals surface area contributed by atoms with Gasteiger partial charge in [0.2, 0.25) is 0 Å². The van der Waals surface area contributed by atoms with Crippen LogP contribution in [0.4, 0.5) is 5.69 Å². The van der Waals surface area contributed by atoms with Crippen molar-refractivity contribution in [3.63, 3.8) is 0 Å². The number of aromatic nitrogens is 2. The van der Waals surface area contributed by atoms with Crippen molar-refractivity contribution in [1.29, 1.82) is 0 Å². The zero-order chi connectivity index (χ0) is 13.2. The van der Waals surface area contributed by atoms with E-state index in [0.29, 0.717) is 0 Å². The maximum Gasteiger partial charge on any atom is 0.125 e. The predicted molar refractivity (Wildman–Crippen MR) is 80.2 cm³/mol. The quantitative estimate of drug-likeness (QED) is 0.790. The molecular formula is C15H15N3S. The summed E-state index contributed by atoms with van der Waals surface area (Å²) in [7, 11) is 0. The number of benzene rings is 1. The molecule has 1 aromatic carbocycles. The van der Waals surface area contributed by atoms with Gasteiger partial charge in [-0.3, -0.25) is 4.68 Å². The second-order valence-corrected chi connectivity index (χ2v) is 5.54. The van der Waals surface area contributed by atoms with E-state index < -0.39 is 0 Å². The van der Waals surface area contributed by atoms with Crippen molar-refractivity contribution in [3.05, 3.63) is 59.1 Å². The standard InChI is InChI=1S/C15H15N3S/c1-11-4-2-5-12(8-11)9-18-10-13(16)15(17-18)14-6-3-7-19-14/h2-8,10H,9,16H2,1H3. The van der Waals surface area contributed by atoms with Crippen LogP contribution in [0.1, 0.15) is 11.1 Å². The van der Waals surface area contributed by atoms with Crippen molar-refractivity contribution in [2.75, 3.05) is 5.73 Å². The van der Waals surface area contributed by atoms with E-state index in [4.69, 9.17) is 5.73 Å². The fourth-order valence-corrected chi connectivity index (χ4v) is 2.85. The molecular weight excluding hydrogens is 254 g/mol. The Bertz CT molecular complexity index is 683. The number of nitrogens with two attached hydrogens (primary N) is 1. The van der Waals surface area contributed by atoms with Crippen molar-refractivity contribution in [2.45, 2.75) is 13.5 Å². The van der Waals surface area contributed by atoms with Crippen molar-refractivity contribution >= 4 is 17.0 Å². The summed E-state index contributed by atoms with van der Waals surface area (Å²) in [6, 6.07) is 12.5. The van der Waals surface area contributed by atoms with E-state index in [9.17, 15) is 0 Å². The normalized spacial score (nSPS) is 10.8. The number of thiophene rings is 1. The summed E-state index contributed by atoms with van der Waals surface area (Å²) in [6.07, 6.45) is 1.90. The molecule has 3 nitrogen and oxygen atoms in total. The molecule has 2 N–H and O–H groups in total. The smallest absolute Gasteiger partial charge is 0.125 e. The molecule has 0 aliphatic rings. The van der Waals surface area contributed by atoms with E-state index in [0.717, 1.165) is 22.8 Å². The van der Waals surface area contributed by atoms with Crippen molar-refractivity contribution in [3.8, 4) is 10.6 Å². The molecule has 0 aliphatic carbocycles. The van der Waals surface area contributed by atoms with Crippen LogP contribution in [0.25, 0.3) is 10.6 Å². The molecule has 0 bridgehead atoms. The first-order valence-electron chi connectivity index (χ1n) is 6.15. The van der Waals surface area contributed by atoms with Gasteiger partial charge in [-0.2, -0.15) is 5.10 Å². The van der Waals surface area contributed by atoms with Gasteiger partial charge in [-0.25, -0.2) is 0 Å². The monoisotopic (exact) mass is 269 g/mol. The Morgan fingerprint density at radius 1 is 1.26 bits per heavy atom. The zero-order valence-electron chi connectivity index (χ0n) is 10.7. The molecule has 96 valence electrons. The lowest BCUT2D eigenvalue weighted by molar-refractivity contribution is 0.689. The van der Waals surface area contributed by atoms with Gasteiger partial charge in [0.25, 0.3) is 0 Å². The summed E-state index contributed by atoms with van der Waals surface area (Å²) in [5, 5.41) is 6.62. The summed E-state index contributed by atoms with van der Waals surface area (Å²) >= 11 is 1.66. The minimum atomic E-state index is 0.732. The molecule has 0 radical (unpaired) electrons. The number of nitrogen functional groups attached to an aromatic ring is 1. The molecule has 0 saturated carbocycles. The second kappa shape index (κ2) is 4.90. The molecule has 0 atom stereocenters. The number of anilines is 1. The summed E-state index contributed by atoms with van der Waals surface area (Å²) < 4.78 is 1.90. The Balaban J connectivity index is 1.89. The SMILES string of the molecule is Cc1cccc(Cn2cc(N)c(-c3cccs3)n2)c1. The molecule has 0 amide bonds. The predicted octanol–water partition coefficient (Wildman–Crippen LogP) is 3.55. The maximum absolute atomic E-state index is 6.04. The van der Waals surface area contributed by atoms with Gasteiger partial charge in [-0.1, -0.05) is 35.9 Å². The van der Waals surface area contributed by atoms with E-state index in [1.54, 1.807) is 11.3 Å². The third kappa shape index (κ3) is 2.53. The Morgan fingerprint density at radius 2 is 2.16 bits per heavy atom. The minimum absolute atomic E-state index is 0.732. The molecule has 0 fully saturated rings. The Morgan fingerprint density at radius 3 is 2.89 bits per heavy atom. The third-order valence-corrected chi connectivity index (χ3v) is 3.85. The minimum Gasteiger partial charge on any atom is -0.396 e. The molecule has 0 unspecified atom stereocenters. The van der Waals surface area contributed by atoms with Crippen molar-refractivity contribution < 1.29 is 0 Å². The lowest BCUT2D eigenvalue weighted by Crippen LogP contribution is -2.00. The van der Waals surface area contributed by atoms with E-state index in [-0.39, 0.29) is 0 Å². The lowest BCUT2D eigenvalue weighted by Gasteiger charge is -2.02. The lowest BCUT2D eigenvalue weighted by atomic mass is 10.1. The largest absolute Gasteiger partial charge is 0.396 e. The summed E-state index contributed by atoms with van der Waals surface area (Å²) in [6.45, 7) is 2.84. The number of nitrogens with zero attached hydrogens (tertiary/aromatic N) is 2. The second-order valence-electron chi connectivity index (χ2n) is 4.60. The fraction of sp³-hybridized carbons (Fsp3) is 0.133. The van der Waals surface area contributed by atoms with Crippen LogP contribution in [0.3, 0.4) is 0 Å². The first-order valence-corrected chi connectivity index (χ1v) is 7.03. The Hall–Kier alpha value is -2.07. The molecule has 2 aromatic heterocycles. The van der Waals surface area contributed by atoms with Gasteiger partial charge in [0, 0.05) is 6.20 Å². The van der Waals surface area contributed by atoms with E-state index in [2.05, 4.69) is 36.3 Å². The first-order chi connectivity index (χ1) is 9.22. The average molecular weight is 269 g/mol. The van der Waals surface area contributed by atoms with Gasteiger partial charge in [0.1, 0.15) is 5.69 Å². The Kier molecular flexibility index (Phi) is 3.09. The van der Waals surface area contributed by atoms with Gasteiger partial charge in [-0.05, 0) is 23.9 Å². The maximum atomic E-state index is 6.04. The summed E-state index contributed by atoms with van der Waals surface area (Å²) in [5.74, 6) is 0. The number of aryl methyl sites for hydroxylation is 1. The van der Waals surface area contributed by atoms with Crippen LogP contribution in [0.15, 0.2) is 48.0 Å². The molecule has 0 saturated heterocycles. The number of hydrogen-bond donors (Lipinski definition) is 1. The zero-order valence-corrected chi connectivity index (χ0v) is 11.5. The first kappa shape index (κ1) is 12.0. The Labute approximate surface area is 116 Å². The van der Waals surface area contributed by atoms with E-state index >= 15 is 0 Å². The van der Waals surface area contributed by atoms with Crippen molar-refractivity contribution in [1.82, 2.24) is 9.78 Å². The highest BCUT2D eigenvalue weighted by Crippen LogP contribution is 2.28. The fourth-order valence-electron chi connectivity index (χ4n) is 2.12. The topological polar surface area (TPSA) is 43.8 Å². The van der Waals surface area contributed by atoms with Gasteiger partial charge >= 0.3 is 0 Å². The van der Waals surface area contributed by atoms with E-state index in [1.807, 2.05) is 28.4 Å². The van der Waals surface area contributed by atoms with Crippen LogP contribution in [0.5, 0.6) is 0 Å². The molecule has 19 heavy (non-hydrogen) atoms. The van der Waals surface area contributed by atoms with Crippen LogP contribution >= 0.6 is 11.3 Å². The molecule has 4 heteroatoms. The molecule has 2 heterocycles. The molecule has 0 spiro atoms. The highest BCUT2D eigenvalue weighted by molar-refractivity contribution is 7.13. The number of hydrogen-bond acceptors (Lipinski definition) is 3. The summed E-state index contributed by atoms with van der Waals surface area (Å²) in [4.78, 5) is 1.11. The van der Waals surface area contributed by atoms with Gasteiger partial charge < -0.3 is 5.73 Å². The van der Waals surface area contributed by atoms with Gasteiger partial charge in [-0.15, -0.1) is 11.3 Å². The highest BCUT2D eigenvalue weighted by Gasteiger charge is 2.09. The summed E-state index contributed by atoms with van der Waals surface area (Å²) in [5.41, 5.74) is 10.1. The van der Waals surface area contributed by atoms with Crippen LogP contribution in [0, 0.1) is 6.92 Å². The van der Waals surface area contributed by atoms with Gasteiger partial charge in [0.05, 0.1) is 17.1 Å². The van der Waals surface area contributed by atoms with Gasteiger partial charge in [0.15, 0.2) is 0 Å². The van der Waals surface area contributed by atoms with Crippen LogP contribution in [-0.4, -0.2) is 9.78 Å². The molecule has 0 aliphatic heterocycles. The molecule has 3 aromatic rings. The third-order valence-electron chi connectivity index (χ3n) is 2.97. The van der Waals surface area contributed by atoms with Crippen LogP contribution in [0.2, 0.25) is 0 Å². The van der Waals surface area contributed by atoms with Crippen LogP contribution < -0.4 is 5.73 Å². The number of rotatable bonds is 3. The average Bonchev–Trinajstić information content (AvgIpc) is 2.98. The molecule has 3 rings (SSSR count). The highest BCUT2D eigenvalue weighted by atomic mass is 32.1. The van der Waals surface area contributed by atoms with Crippen molar-refractivity contribution in [2.24, 2.45) is 0 Å². The van der Waals surface area contributed by atoms with Crippen LogP contribution in [-0.2, 0) is 6.54 Å².